The molecule has 0 radical (unpaired) electrons. The Bertz CT molecular complexity index is 556. The van der Waals surface area contributed by atoms with Gasteiger partial charge in [-0.3, -0.25) is 4.79 Å². The van der Waals surface area contributed by atoms with Gasteiger partial charge in [-0.2, -0.15) is 0 Å². The quantitative estimate of drug-likeness (QED) is 0.0651. The summed E-state index contributed by atoms with van der Waals surface area (Å²) < 4.78 is 5.96. The second-order valence-corrected chi connectivity index (χ2v) is 14.7. The average molecular weight is 613 g/mol. The molecule has 0 aliphatic carbocycles. The molecule has 2 N–H and O–H groups in total. The first kappa shape index (κ1) is 44.5. The van der Waals surface area contributed by atoms with Gasteiger partial charge in [0.2, 0.25) is 0 Å². The molecule has 0 bridgehead atoms. The Kier molecular flexibility index (Phi) is 32.5. The molecule has 0 aromatic rings. The summed E-state index contributed by atoms with van der Waals surface area (Å²) in [4.78, 5) is 12.4. The molecular formula is C39H80O4. The summed E-state index contributed by atoms with van der Waals surface area (Å²) in [6, 6.07) is 0. The number of hydrogen-bond acceptors (Lipinski definition) is 4. The van der Waals surface area contributed by atoms with E-state index < -0.39 is 0 Å². The van der Waals surface area contributed by atoms with Crippen LogP contribution in [0.4, 0.5) is 0 Å². The van der Waals surface area contributed by atoms with Gasteiger partial charge in [0, 0.05) is 11.8 Å². The number of aliphatic hydroxyl groups excluding tert-OH is 2. The number of rotatable bonds is 29. The zero-order valence-electron chi connectivity index (χ0n) is 30.6. The highest BCUT2D eigenvalue weighted by molar-refractivity contribution is 5.69. The van der Waals surface area contributed by atoms with Gasteiger partial charge in [-0.15, -0.1) is 0 Å². The lowest BCUT2D eigenvalue weighted by Gasteiger charge is -2.27. The van der Waals surface area contributed by atoms with E-state index in [0.29, 0.717) is 11.8 Å². The highest BCUT2D eigenvalue weighted by Crippen LogP contribution is 2.27. The van der Waals surface area contributed by atoms with Crippen molar-refractivity contribution in [3.05, 3.63) is 0 Å². The minimum atomic E-state index is -0.212. The van der Waals surface area contributed by atoms with E-state index in [1.54, 1.807) is 0 Å². The minimum Gasteiger partial charge on any atom is -0.462 e. The Balaban J connectivity index is 0. The molecule has 0 spiro atoms. The van der Waals surface area contributed by atoms with E-state index >= 15 is 0 Å². The molecule has 1 atom stereocenters. The van der Waals surface area contributed by atoms with Gasteiger partial charge in [0.1, 0.15) is 6.10 Å². The smallest absolute Gasteiger partial charge is 0.306 e. The monoisotopic (exact) mass is 613 g/mol. The molecule has 0 saturated carbocycles. The molecule has 0 aliphatic heterocycles. The Morgan fingerprint density at radius 1 is 0.558 bits per heavy atom. The van der Waals surface area contributed by atoms with Crippen molar-refractivity contribution >= 4 is 5.97 Å². The highest BCUT2D eigenvalue weighted by Gasteiger charge is 2.25. The molecule has 4 heteroatoms. The third-order valence-electron chi connectivity index (χ3n) is 9.10. The van der Waals surface area contributed by atoms with Crippen molar-refractivity contribution in [3.8, 4) is 0 Å². The number of unbranched alkanes of at least 4 members (excludes halogenated alkanes) is 16. The number of esters is 1. The number of aliphatic hydroxyl groups is 2. The number of ether oxygens (including phenoxy) is 1. The van der Waals surface area contributed by atoms with E-state index in [9.17, 15) is 4.79 Å². The molecule has 0 amide bonds. The number of carbonyl (C=O) groups is 1. The van der Waals surface area contributed by atoms with Crippen LogP contribution in [-0.2, 0) is 9.53 Å². The zero-order valence-corrected chi connectivity index (χ0v) is 30.6. The van der Waals surface area contributed by atoms with Gasteiger partial charge in [-0.05, 0) is 56.8 Å². The van der Waals surface area contributed by atoms with E-state index in [2.05, 4.69) is 41.5 Å². The fourth-order valence-electron chi connectivity index (χ4n) is 5.60. The largest absolute Gasteiger partial charge is 0.462 e. The Morgan fingerprint density at radius 3 is 1.37 bits per heavy atom. The van der Waals surface area contributed by atoms with Crippen LogP contribution in [0.5, 0.6) is 0 Å². The number of carbonyl (C=O) groups excluding carboxylic acids is 1. The van der Waals surface area contributed by atoms with Crippen LogP contribution in [-0.4, -0.2) is 35.5 Å². The van der Waals surface area contributed by atoms with Crippen LogP contribution in [0.25, 0.3) is 0 Å². The summed E-state index contributed by atoms with van der Waals surface area (Å²) in [7, 11) is 0. The van der Waals surface area contributed by atoms with Crippen LogP contribution in [0.3, 0.4) is 0 Å². The maximum Gasteiger partial charge on any atom is 0.306 e. The predicted molar refractivity (Wildman–Crippen MR) is 189 cm³/mol. The molecule has 0 rings (SSSR count). The van der Waals surface area contributed by atoms with Gasteiger partial charge in [0.05, 0.1) is 13.2 Å². The summed E-state index contributed by atoms with van der Waals surface area (Å²) >= 11 is 0. The lowest BCUT2D eigenvalue weighted by Crippen LogP contribution is -2.28. The zero-order chi connectivity index (χ0) is 32.7. The molecule has 4 nitrogen and oxygen atoms in total. The Hall–Kier alpha value is -0.610. The summed E-state index contributed by atoms with van der Waals surface area (Å²) in [6.07, 6.45) is 31.5. The van der Waals surface area contributed by atoms with Crippen molar-refractivity contribution in [2.24, 2.45) is 10.8 Å². The van der Waals surface area contributed by atoms with E-state index in [1.807, 2.05) is 6.92 Å². The molecular weight excluding hydrogens is 532 g/mol. The summed E-state index contributed by atoms with van der Waals surface area (Å²) in [5.41, 5.74) is 0.189. The van der Waals surface area contributed by atoms with Gasteiger partial charge in [-0.25, -0.2) is 0 Å². The Morgan fingerprint density at radius 2 is 0.977 bits per heavy atom. The third kappa shape index (κ3) is 31.2. The van der Waals surface area contributed by atoms with Crippen molar-refractivity contribution in [2.45, 2.75) is 222 Å². The summed E-state index contributed by atoms with van der Waals surface area (Å²) in [5, 5.41) is 18.1. The fourth-order valence-corrected chi connectivity index (χ4v) is 5.60. The normalized spacial score (nSPS) is 12.6. The Labute approximate surface area is 270 Å². The average Bonchev–Trinajstić information content (AvgIpc) is 2.98. The van der Waals surface area contributed by atoms with Gasteiger partial charge < -0.3 is 14.9 Å². The van der Waals surface area contributed by atoms with Crippen LogP contribution < -0.4 is 0 Å². The van der Waals surface area contributed by atoms with Crippen molar-refractivity contribution in [1.29, 1.82) is 0 Å². The molecule has 0 aliphatic rings. The van der Waals surface area contributed by atoms with Crippen LogP contribution in [0.1, 0.15) is 215 Å². The van der Waals surface area contributed by atoms with Crippen molar-refractivity contribution in [2.75, 3.05) is 13.2 Å². The third-order valence-corrected chi connectivity index (χ3v) is 9.10. The summed E-state index contributed by atoms with van der Waals surface area (Å²) in [6.45, 7) is 15.8. The van der Waals surface area contributed by atoms with Crippen molar-refractivity contribution in [3.63, 3.8) is 0 Å². The highest BCUT2D eigenvalue weighted by atomic mass is 16.5. The maximum atomic E-state index is 12.4. The molecule has 43 heavy (non-hydrogen) atoms. The minimum absolute atomic E-state index is 0.0488. The molecule has 0 aromatic carbocycles. The first-order valence-electron chi connectivity index (χ1n) is 19.0. The first-order chi connectivity index (χ1) is 20.6. The molecule has 0 saturated heterocycles. The lowest BCUT2D eigenvalue weighted by molar-refractivity contribution is -0.150. The topological polar surface area (TPSA) is 66.8 Å². The van der Waals surface area contributed by atoms with E-state index in [1.165, 1.54) is 109 Å². The first-order valence-corrected chi connectivity index (χ1v) is 19.0. The second kappa shape index (κ2) is 31.4. The van der Waals surface area contributed by atoms with Crippen LogP contribution in [0, 0.1) is 10.8 Å². The lowest BCUT2D eigenvalue weighted by atomic mass is 9.82. The van der Waals surface area contributed by atoms with Crippen LogP contribution in [0.2, 0.25) is 0 Å². The van der Waals surface area contributed by atoms with Gasteiger partial charge in [0.15, 0.2) is 0 Å². The summed E-state index contributed by atoms with van der Waals surface area (Å²) in [5.74, 6) is 0.0488. The van der Waals surface area contributed by atoms with E-state index in [4.69, 9.17) is 14.9 Å². The molecule has 0 fully saturated rings. The molecule has 0 heterocycles. The van der Waals surface area contributed by atoms with Gasteiger partial charge in [0.25, 0.3) is 0 Å². The van der Waals surface area contributed by atoms with Crippen LogP contribution >= 0.6 is 0 Å². The SMILES string of the molecule is CCCCC(CC)(CO)CO.CCCCCCCCCCCC(CCCCCCCC)OC(=O)CCCCCC(C)(C)C. The molecule has 1 unspecified atom stereocenters. The fraction of sp³-hybridized carbons (Fsp3) is 0.974. The van der Waals surface area contributed by atoms with Crippen molar-refractivity contribution in [1.82, 2.24) is 0 Å². The van der Waals surface area contributed by atoms with Crippen molar-refractivity contribution < 1.29 is 19.7 Å². The second-order valence-electron chi connectivity index (χ2n) is 14.7. The maximum absolute atomic E-state index is 12.4. The van der Waals surface area contributed by atoms with Crippen LogP contribution in [0.15, 0.2) is 0 Å². The standard InChI is InChI=1S/C30H60O2.C9H20O2/c1-6-8-10-12-14-15-16-18-21-25-28(24-20-17-13-11-9-7-2)32-29(31)26-22-19-23-27-30(3,4)5;1-3-5-6-9(4-2,7-10)8-11/h28H,6-27H2,1-5H3;10-11H,3-8H2,1-2H3. The molecule has 260 valence electrons. The van der Waals surface area contributed by atoms with Gasteiger partial charge >= 0.3 is 5.97 Å². The predicted octanol–water partition coefficient (Wildman–Crippen LogP) is 12.1. The van der Waals surface area contributed by atoms with E-state index in [0.717, 1.165) is 51.4 Å². The van der Waals surface area contributed by atoms with Gasteiger partial charge in [-0.1, -0.05) is 158 Å². The van der Waals surface area contributed by atoms with E-state index in [-0.39, 0.29) is 30.7 Å². The number of hydrogen-bond donors (Lipinski definition) is 2. The molecule has 0 aromatic heterocycles.